The summed E-state index contributed by atoms with van der Waals surface area (Å²) in [7, 11) is 0. The van der Waals surface area contributed by atoms with Crippen molar-refractivity contribution < 1.29 is 9.21 Å². The molecule has 2 aromatic carbocycles. The maximum absolute atomic E-state index is 12.7. The van der Waals surface area contributed by atoms with Crippen LogP contribution in [0.1, 0.15) is 15.9 Å². The number of hydrazone groups is 1. The van der Waals surface area contributed by atoms with Crippen molar-refractivity contribution in [1.29, 1.82) is 0 Å². The van der Waals surface area contributed by atoms with E-state index in [4.69, 9.17) is 21.8 Å². The summed E-state index contributed by atoms with van der Waals surface area (Å²) < 4.78 is 5.63. The van der Waals surface area contributed by atoms with Gasteiger partial charge in [0, 0.05) is 5.02 Å². The molecule has 2 heterocycles. The minimum atomic E-state index is -0.593. The van der Waals surface area contributed by atoms with E-state index in [1.54, 1.807) is 48.5 Å². The second-order valence-electron chi connectivity index (χ2n) is 5.95. The van der Waals surface area contributed by atoms with E-state index in [9.17, 15) is 9.59 Å². The fourth-order valence-electron chi connectivity index (χ4n) is 2.70. The van der Waals surface area contributed by atoms with Gasteiger partial charge in [0.2, 0.25) is 11.1 Å². The monoisotopic (exact) mass is 392 g/mol. The fourth-order valence-corrected chi connectivity index (χ4v) is 2.83. The number of fused-ring (bicyclic) bond motifs is 2. The summed E-state index contributed by atoms with van der Waals surface area (Å²) in [5, 5.41) is 5.05. The predicted molar refractivity (Wildman–Crippen MR) is 109 cm³/mol. The van der Waals surface area contributed by atoms with Crippen LogP contribution in [0.2, 0.25) is 5.02 Å². The maximum atomic E-state index is 12.7. The van der Waals surface area contributed by atoms with E-state index >= 15 is 0 Å². The molecule has 4 rings (SSSR count). The average molecular weight is 393 g/mol. The second-order valence-corrected chi connectivity index (χ2v) is 6.39. The highest BCUT2D eigenvalue weighted by molar-refractivity contribution is 6.30. The number of carbonyl (C=O) groups excluding carboxylic acids is 1. The van der Waals surface area contributed by atoms with Gasteiger partial charge in [-0.15, -0.1) is 0 Å². The lowest BCUT2D eigenvalue weighted by Gasteiger charge is -2.06. The largest absolute Gasteiger partial charge is 0.437 e. The molecule has 0 spiro atoms. The Hall–Kier alpha value is -3.71. The zero-order chi connectivity index (χ0) is 19.7. The van der Waals surface area contributed by atoms with Crippen molar-refractivity contribution in [1.82, 2.24) is 10.4 Å². The Morgan fingerprint density at radius 3 is 2.68 bits per heavy atom. The van der Waals surface area contributed by atoms with Crippen LogP contribution in [0.4, 0.5) is 5.82 Å². The van der Waals surface area contributed by atoms with Gasteiger partial charge in [-0.05, 0) is 35.9 Å². The van der Waals surface area contributed by atoms with Gasteiger partial charge in [-0.2, -0.15) is 10.1 Å². The highest BCUT2D eigenvalue weighted by Gasteiger charge is 2.16. The molecule has 0 aliphatic carbocycles. The van der Waals surface area contributed by atoms with Crippen LogP contribution in [-0.2, 0) is 0 Å². The summed E-state index contributed by atoms with van der Waals surface area (Å²) in [6.07, 6.45) is 1.46. The van der Waals surface area contributed by atoms with E-state index in [-0.39, 0.29) is 27.9 Å². The van der Waals surface area contributed by atoms with E-state index in [1.165, 1.54) is 12.3 Å². The SMILES string of the molecule is Nc1nc2oc3ccccc3c(=O)c2cc1C(=O)N/N=C/c1ccc(Cl)cc1. The van der Waals surface area contributed by atoms with Crippen LogP contribution in [0, 0.1) is 0 Å². The number of aromatic nitrogens is 1. The second kappa shape index (κ2) is 7.13. The first-order valence-corrected chi connectivity index (χ1v) is 8.62. The van der Waals surface area contributed by atoms with Gasteiger partial charge in [0.15, 0.2) is 0 Å². The summed E-state index contributed by atoms with van der Waals surface area (Å²) in [6.45, 7) is 0. The van der Waals surface area contributed by atoms with E-state index < -0.39 is 5.91 Å². The summed E-state index contributed by atoms with van der Waals surface area (Å²) in [5.74, 6) is -0.658. The summed E-state index contributed by atoms with van der Waals surface area (Å²) >= 11 is 5.82. The van der Waals surface area contributed by atoms with Gasteiger partial charge in [-0.25, -0.2) is 5.43 Å². The molecule has 0 bridgehead atoms. The molecule has 1 amide bonds. The highest BCUT2D eigenvalue weighted by Crippen LogP contribution is 2.20. The number of nitrogens with two attached hydrogens (primary N) is 1. The molecule has 0 aliphatic heterocycles. The molecule has 0 saturated heterocycles. The number of carbonyl (C=O) groups is 1. The lowest BCUT2D eigenvalue weighted by Crippen LogP contribution is -2.20. The quantitative estimate of drug-likeness (QED) is 0.315. The number of hydrogen-bond donors (Lipinski definition) is 2. The van der Waals surface area contributed by atoms with Crippen LogP contribution in [0.25, 0.3) is 22.1 Å². The highest BCUT2D eigenvalue weighted by atomic mass is 35.5. The van der Waals surface area contributed by atoms with Gasteiger partial charge < -0.3 is 10.2 Å². The topological polar surface area (TPSA) is 111 Å². The Balaban J connectivity index is 1.67. The van der Waals surface area contributed by atoms with Gasteiger partial charge in [0.25, 0.3) is 5.91 Å². The molecule has 0 atom stereocenters. The molecule has 0 fully saturated rings. The van der Waals surface area contributed by atoms with Crippen molar-refractivity contribution in [3.05, 3.63) is 81.0 Å². The van der Waals surface area contributed by atoms with Crippen molar-refractivity contribution in [2.24, 2.45) is 5.10 Å². The standard InChI is InChI=1S/C20H13ClN4O3/c21-12-7-5-11(6-8-12)10-23-25-19(27)15-9-14-17(26)13-3-1-2-4-16(13)28-20(14)24-18(15)22/h1-10H,(H2,22,24)(H,25,27)/b23-10+. The van der Waals surface area contributed by atoms with E-state index in [2.05, 4.69) is 15.5 Å². The number of rotatable bonds is 3. The molecule has 28 heavy (non-hydrogen) atoms. The molecule has 7 nitrogen and oxygen atoms in total. The van der Waals surface area contributed by atoms with Crippen molar-refractivity contribution in [3.8, 4) is 0 Å². The molecule has 0 aliphatic rings. The van der Waals surface area contributed by atoms with Gasteiger partial charge in [-0.1, -0.05) is 35.9 Å². The number of halogens is 1. The Labute approximate surface area is 163 Å². The molecule has 0 unspecified atom stereocenters. The van der Waals surface area contributed by atoms with E-state index in [0.717, 1.165) is 5.56 Å². The fraction of sp³-hybridized carbons (Fsp3) is 0. The Morgan fingerprint density at radius 1 is 1.14 bits per heavy atom. The van der Waals surface area contributed by atoms with Gasteiger partial charge >= 0.3 is 0 Å². The predicted octanol–water partition coefficient (Wildman–Crippen LogP) is 3.34. The molecule has 4 aromatic rings. The van der Waals surface area contributed by atoms with Crippen molar-refractivity contribution in [2.45, 2.75) is 0 Å². The van der Waals surface area contributed by atoms with Crippen LogP contribution in [-0.4, -0.2) is 17.1 Å². The van der Waals surface area contributed by atoms with E-state index in [0.29, 0.717) is 16.0 Å². The van der Waals surface area contributed by atoms with Crippen molar-refractivity contribution in [3.63, 3.8) is 0 Å². The molecule has 138 valence electrons. The lowest BCUT2D eigenvalue weighted by molar-refractivity contribution is 0.0956. The van der Waals surface area contributed by atoms with E-state index in [1.807, 2.05) is 0 Å². The summed E-state index contributed by atoms with van der Waals surface area (Å²) in [4.78, 5) is 29.2. The molecule has 0 saturated carbocycles. The van der Waals surface area contributed by atoms with Crippen LogP contribution >= 0.6 is 11.6 Å². The number of nitrogens with one attached hydrogen (secondary N) is 1. The third-order valence-corrected chi connectivity index (χ3v) is 4.35. The van der Waals surface area contributed by atoms with Crippen molar-refractivity contribution >= 4 is 51.6 Å². The molecule has 8 heteroatoms. The smallest absolute Gasteiger partial charge is 0.275 e. The number of benzene rings is 2. The first-order chi connectivity index (χ1) is 13.5. The number of para-hydroxylation sites is 1. The summed E-state index contributed by atoms with van der Waals surface area (Å²) in [6, 6.07) is 15.1. The number of nitrogen functional groups attached to an aromatic ring is 1. The number of pyridine rings is 1. The molecule has 2 aromatic heterocycles. The molecule has 0 radical (unpaired) electrons. The number of anilines is 1. The lowest BCUT2D eigenvalue weighted by atomic mass is 10.1. The Bertz CT molecular complexity index is 1300. The molecular formula is C20H13ClN4O3. The molecular weight excluding hydrogens is 380 g/mol. The first kappa shape index (κ1) is 17.7. The third kappa shape index (κ3) is 3.30. The Morgan fingerprint density at radius 2 is 1.89 bits per heavy atom. The minimum Gasteiger partial charge on any atom is -0.437 e. The van der Waals surface area contributed by atoms with Gasteiger partial charge in [0.05, 0.1) is 22.6 Å². The zero-order valence-electron chi connectivity index (χ0n) is 14.3. The number of nitrogens with zero attached hydrogens (tertiary/aromatic N) is 2. The molecule has 3 N–H and O–H groups in total. The van der Waals surface area contributed by atoms with Gasteiger partial charge in [0.1, 0.15) is 11.4 Å². The van der Waals surface area contributed by atoms with Gasteiger partial charge in [-0.3, -0.25) is 9.59 Å². The van der Waals surface area contributed by atoms with Crippen LogP contribution in [0.15, 0.2) is 68.9 Å². The van der Waals surface area contributed by atoms with Crippen LogP contribution in [0.5, 0.6) is 0 Å². The average Bonchev–Trinajstić information content (AvgIpc) is 2.69. The normalized spacial score (nSPS) is 11.3. The summed E-state index contributed by atoms with van der Waals surface area (Å²) in [5.41, 5.74) is 9.21. The first-order valence-electron chi connectivity index (χ1n) is 8.24. The van der Waals surface area contributed by atoms with Crippen LogP contribution < -0.4 is 16.6 Å². The minimum absolute atomic E-state index is 0.0309. The number of hydrogen-bond acceptors (Lipinski definition) is 6. The Kier molecular flexibility index (Phi) is 4.50. The third-order valence-electron chi connectivity index (χ3n) is 4.09. The maximum Gasteiger partial charge on any atom is 0.275 e. The zero-order valence-corrected chi connectivity index (χ0v) is 15.1. The number of amides is 1. The van der Waals surface area contributed by atoms with Crippen molar-refractivity contribution in [2.75, 3.05) is 5.73 Å². The van der Waals surface area contributed by atoms with Crippen LogP contribution in [0.3, 0.4) is 0 Å².